The van der Waals surface area contributed by atoms with E-state index in [1.54, 1.807) is 24.4 Å². The van der Waals surface area contributed by atoms with Gasteiger partial charge in [-0.2, -0.15) is 0 Å². The Bertz CT molecular complexity index is 931. The highest BCUT2D eigenvalue weighted by atomic mass is 79.9. The van der Waals surface area contributed by atoms with E-state index in [0.29, 0.717) is 26.9 Å². The third kappa shape index (κ3) is 2.72. The van der Waals surface area contributed by atoms with Gasteiger partial charge >= 0.3 is 0 Å². The number of methoxy groups -OCH3 is 1. The van der Waals surface area contributed by atoms with Crippen LogP contribution in [-0.4, -0.2) is 23.9 Å². The molecule has 0 radical (unpaired) electrons. The van der Waals surface area contributed by atoms with E-state index in [9.17, 15) is 9.59 Å². The van der Waals surface area contributed by atoms with Crippen molar-refractivity contribution in [2.24, 2.45) is 0 Å². The molecule has 0 bridgehead atoms. The highest BCUT2D eigenvalue weighted by molar-refractivity contribution is 9.11. The molecule has 0 aliphatic carbocycles. The fraction of sp³-hybridized carbons (Fsp3) is 0.0588. The highest BCUT2D eigenvalue weighted by Crippen LogP contribution is 2.34. The van der Waals surface area contributed by atoms with Crippen molar-refractivity contribution in [2.45, 2.75) is 0 Å². The van der Waals surface area contributed by atoms with Crippen molar-refractivity contribution in [3.05, 3.63) is 62.7 Å². The van der Waals surface area contributed by atoms with Crippen LogP contribution in [0.2, 0.25) is 0 Å². The Morgan fingerprint density at radius 2 is 1.96 bits per heavy atom. The van der Waals surface area contributed by atoms with Crippen LogP contribution < -0.4 is 4.74 Å². The van der Waals surface area contributed by atoms with Crippen molar-refractivity contribution in [1.82, 2.24) is 4.57 Å². The van der Waals surface area contributed by atoms with Gasteiger partial charge in [0.05, 0.1) is 22.7 Å². The maximum Gasteiger partial charge on any atom is 0.266 e. The van der Waals surface area contributed by atoms with Crippen LogP contribution in [-0.2, 0) is 0 Å². The van der Waals surface area contributed by atoms with Gasteiger partial charge in [0.2, 0.25) is 0 Å². The van der Waals surface area contributed by atoms with Crippen LogP contribution in [0.15, 0.2) is 51.5 Å². The number of hydrogen-bond donors (Lipinski definition) is 0. The number of halogens is 2. The Hall–Kier alpha value is -1.92. The molecule has 0 amide bonds. The molecule has 3 aromatic rings. The normalized spacial score (nSPS) is 10.7. The summed E-state index contributed by atoms with van der Waals surface area (Å²) in [7, 11) is 1.51. The standard InChI is InChI=1S/C17H11Br2NO3/c1-23-16-13(6-11(18)7-14(16)19)17(22)20-8-10(9-21)12-4-2-3-5-15(12)20/h2-9H,1H3. The van der Waals surface area contributed by atoms with E-state index in [-0.39, 0.29) is 5.91 Å². The summed E-state index contributed by atoms with van der Waals surface area (Å²) in [5, 5.41) is 0.740. The Kier molecular flexibility index (Phi) is 4.37. The van der Waals surface area contributed by atoms with E-state index in [1.165, 1.54) is 11.7 Å². The van der Waals surface area contributed by atoms with E-state index < -0.39 is 0 Å². The number of aromatic nitrogens is 1. The molecule has 0 fully saturated rings. The Labute approximate surface area is 149 Å². The average Bonchev–Trinajstić information content (AvgIpc) is 2.92. The second-order valence-corrected chi connectivity index (χ2v) is 6.63. The molecule has 0 saturated heterocycles. The summed E-state index contributed by atoms with van der Waals surface area (Å²) in [5.41, 5.74) is 1.55. The fourth-order valence-corrected chi connectivity index (χ4v) is 3.91. The van der Waals surface area contributed by atoms with Gasteiger partial charge in [0.25, 0.3) is 5.91 Å². The zero-order valence-electron chi connectivity index (χ0n) is 12.0. The number of para-hydroxylation sites is 1. The van der Waals surface area contributed by atoms with Gasteiger partial charge in [0, 0.05) is 21.6 Å². The molecule has 1 aromatic heterocycles. The quantitative estimate of drug-likeness (QED) is 0.560. The minimum atomic E-state index is -0.270. The number of fused-ring (bicyclic) bond motifs is 1. The summed E-state index contributed by atoms with van der Waals surface area (Å²) < 4.78 is 8.24. The number of hydrogen-bond acceptors (Lipinski definition) is 3. The summed E-state index contributed by atoms with van der Waals surface area (Å²) in [6.45, 7) is 0. The molecule has 0 saturated carbocycles. The summed E-state index contributed by atoms with van der Waals surface area (Å²) in [6.07, 6.45) is 2.30. The Balaban J connectivity index is 2.25. The highest BCUT2D eigenvalue weighted by Gasteiger charge is 2.20. The summed E-state index contributed by atoms with van der Waals surface area (Å²) in [4.78, 5) is 24.3. The summed E-state index contributed by atoms with van der Waals surface area (Å²) >= 11 is 6.78. The van der Waals surface area contributed by atoms with Crippen molar-refractivity contribution in [3.8, 4) is 5.75 Å². The number of aldehydes is 1. The second kappa shape index (κ2) is 6.29. The van der Waals surface area contributed by atoms with Crippen molar-refractivity contribution in [1.29, 1.82) is 0 Å². The molecule has 116 valence electrons. The molecule has 6 heteroatoms. The Morgan fingerprint density at radius 3 is 2.65 bits per heavy atom. The van der Waals surface area contributed by atoms with Gasteiger partial charge in [-0.15, -0.1) is 0 Å². The third-order valence-corrected chi connectivity index (χ3v) is 4.58. The van der Waals surface area contributed by atoms with Gasteiger partial charge in [-0.05, 0) is 34.1 Å². The van der Waals surface area contributed by atoms with E-state index in [2.05, 4.69) is 31.9 Å². The van der Waals surface area contributed by atoms with Gasteiger partial charge < -0.3 is 4.74 Å². The van der Waals surface area contributed by atoms with Gasteiger partial charge in [0.1, 0.15) is 5.75 Å². The number of nitrogens with zero attached hydrogens (tertiary/aromatic N) is 1. The molecule has 1 heterocycles. The van der Waals surface area contributed by atoms with Crippen LogP contribution in [0.3, 0.4) is 0 Å². The first-order valence-electron chi connectivity index (χ1n) is 6.69. The molecule has 3 rings (SSSR count). The first-order chi connectivity index (χ1) is 11.1. The predicted molar refractivity (Wildman–Crippen MR) is 95.4 cm³/mol. The third-order valence-electron chi connectivity index (χ3n) is 3.53. The number of rotatable bonds is 3. The molecule has 0 aliphatic rings. The number of benzene rings is 2. The number of carbonyl (C=O) groups is 2. The van der Waals surface area contributed by atoms with E-state index in [4.69, 9.17) is 4.74 Å². The van der Waals surface area contributed by atoms with Gasteiger partial charge in [0.15, 0.2) is 6.29 Å². The van der Waals surface area contributed by atoms with Crippen LogP contribution in [0.4, 0.5) is 0 Å². The van der Waals surface area contributed by atoms with Gasteiger partial charge in [-0.1, -0.05) is 34.1 Å². The monoisotopic (exact) mass is 435 g/mol. The van der Waals surface area contributed by atoms with Crippen LogP contribution >= 0.6 is 31.9 Å². The molecule has 0 atom stereocenters. The molecule has 0 spiro atoms. The first kappa shape index (κ1) is 16.0. The van der Waals surface area contributed by atoms with Crippen molar-refractivity contribution < 1.29 is 14.3 Å². The predicted octanol–water partition coefficient (Wildman–Crippen LogP) is 4.68. The lowest BCUT2D eigenvalue weighted by Gasteiger charge is -2.11. The van der Waals surface area contributed by atoms with Crippen LogP contribution in [0.1, 0.15) is 20.7 Å². The second-order valence-electron chi connectivity index (χ2n) is 4.86. The first-order valence-corrected chi connectivity index (χ1v) is 8.28. The molecule has 4 nitrogen and oxygen atoms in total. The molecule has 23 heavy (non-hydrogen) atoms. The van der Waals surface area contributed by atoms with Crippen LogP contribution in [0.5, 0.6) is 5.75 Å². The van der Waals surface area contributed by atoms with Gasteiger partial charge in [-0.25, -0.2) is 0 Å². The largest absolute Gasteiger partial charge is 0.495 e. The summed E-state index contributed by atoms with van der Waals surface area (Å²) in [5.74, 6) is 0.178. The maximum absolute atomic E-state index is 13.0. The van der Waals surface area contributed by atoms with Crippen LogP contribution in [0.25, 0.3) is 10.9 Å². The fourth-order valence-electron chi connectivity index (χ4n) is 2.52. The maximum atomic E-state index is 13.0. The lowest BCUT2D eigenvalue weighted by Crippen LogP contribution is -2.12. The average molecular weight is 437 g/mol. The Morgan fingerprint density at radius 1 is 1.22 bits per heavy atom. The smallest absolute Gasteiger partial charge is 0.266 e. The zero-order chi connectivity index (χ0) is 16.6. The lowest BCUT2D eigenvalue weighted by atomic mass is 10.1. The van der Waals surface area contributed by atoms with E-state index in [0.717, 1.165) is 16.1 Å². The topological polar surface area (TPSA) is 48.3 Å². The minimum absolute atomic E-state index is 0.270. The lowest BCUT2D eigenvalue weighted by molar-refractivity contribution is 0.0961. The SMILES string of the molecule is COc1c(Br)cc(Br)cc1C(=O)n1cc(C=O)c2ccccc21. The van der Waals surface area contributed by atoms with Crippen molar-refractivity contribution in [3.63, 3.8) is 0 Å². The van der Waals surface area contributed by atoms with E-state index in [1.807, 2.05) is 18.2 Å². The summed E-state index contributed by atoms with van der Waals surface area (Å²) in [6, 6.07) is 10.8. The molecule has 0 unspecified atom stereocenters. The molecule has 0 aliphatic heterocycles. The number of carbonyl (C=O) groups excluding carboxylic acids is 2. The molecular weight excluding hydrogens is 426 g/mol. The number of ether oxygens (including phenoxy) is 1. The molecule has 0 N–H and O–H groups in total. The van der Waals surface area contributed by atoms with E-state index >= 15 is 0 Å². The van der Waals surface area contributed by atoms with Crippen molar-refractivity contribution >= 4 is 55.0 Å². The molecule has 2 aromatic carbocycles. The zero-order valence-corrected chi connectivity index (χ0v) is 15.2. The van der Waals surface area contributed by atoms with Crippen molar-refractivity contribution in [2.75, 3.05) is 7.11 Å². The van der Waals surface area contributed by atoms with Crippen LogP contribution in [0, 0.1) is 0 Å². The minimum Gasteiger partial charge on any atom is -0.495 e. The molecular formula is C17H11Br2NO3. The van der Waals surface area contributed by atoms with Gasteiger partial charge in [-0.3, -0.25) is 14.2 Å².